The molecule has 136 valence electrons. The highest BCUT2D eigenvalue weighted by Crippen LogP contribution is 2.33. The average Bonchev–Trinajstić information content (AvgIpc) is 2.66. The number of aromatic nitrogens is 1. The van der Waals surface area contributed by atoms with Crippen LogP contribution < -0.4 is 20.1 Å². The fraction of sp³-hybridized carbons (Fsp3) is 0.263. The summed E-state index contributed by atoms with van der Waals surface area (Å²) in [4.78, 5) is 16.0. The molecule has 0 radical (unpaired) electrons. The Kier molecular flexibility index (Phi) is 6.39. The van der Waals surface area contributed by atoms with Gasteiger partial charge in [-0.2, -0.15) is 0 Å². The molecule has 1 heterocycles. The number of amides is 1. The number of hydrogen-bond donors (Lipinski definition) is 2. The number of benzene rings is 1. The lowest BCUT2D eigenvalue weighted by Crippen LogP contribution is -2.23. The van der Waals surface area contributed by atoms with Crippen molar-refractivity contribution in [2.75, 3.05) is 26.1 Å². The first kappa shape index (κ1) is 19.1. The lowest BCUT2D eigenvalue weighted by atomic mass is 10.1. The number of hydrogen-bond acceptors (Lipinski definition) is 5. The Hall–Kier alpha value is -3.27. The van der Waals surface area contributed by atoms with Gasteiger partial charge in [-0.25, -0.2) is 9.37 Å². The van der Waals surface area contributed by atoms with Gasteiger partial charge < -0.3 is 20.1 Å². The molecule has 6 nitrogen and oxygen atoms in total. The van der Waals surface area contributed by atoms with Crippen LogP contribution in [0.3, 0.4) is 0 Å². The number of pyridine rings is 1. The normalized spacial score (nSPS) is 11.2. The molecule has 1 amide bonds. The van der Waals surface area contributed by atoms with E-state index in [1.54, 1.807) is 25.1 Å². The van der Waals surface area contributed by atoms with Gasteiger partial charge in [-0.3, -0.25) is 4.79 Å². The third-order valence-corrected chi connectivity index (χ3v) is 3.71. The zero-order chi connectivity index (χ0) is 19.1. The zero-order valence-corrected chi connectivity index (χ0v) is 14.8. The molecule has 0 fully saturated rings. The highest BCUT2D eigenvalue weighted by Gasteiger charge is 2.16. The molecular weight excluding hydrogens is 337 g/mol. The van der Waals surface area contributed by atoms with Crippen LogP contribution in [-0.2, 0) is 0 Å². The van der Waals surface area contributed by atoms with Crippen molar-refractivity contribution in [2.24, 2.45) is 0 Å². The van der Waals surface area contributed by atoms with Gasteiger partial charge in [-0.15, -0.1) is 6.42 Å². The number of terminal acetylenes is 1. The second-order valence-electron chi connectivity index (χ2n) is 5.41. The van der Waals surface area contributed by atoms with Crippen LogP contribution in [0.25, 0.3) is 0 Å². The second kappa shape index (κ2) is 8.72. The first-order chi connectivity index (χ1) is 12.5. The number of ether oxygens (including phenoxy) is 2. The highest BCUT2D eigenvalue weighted by molar-refractivity contribution is 5.94. The van der Waals surface area contributed by atoms with Crippen molar-refractivity contribution in [1.29, 1.82) is 0 Å². The van der Waals surface area contributed by atoms with E-state index in [9.17, 15) is 9.18 Å². The van der Waals surface area contributed by atoms with E-state index in [4.69, 9.17) is 15.9 Å². The molecule has 0 saturated carbocycles. The smallest absolute Gasteiger partial charge is 0.253 e. The molecule has 2 rings (SSSR count). The summed E-state index contributed by atoms with van der Waals surface area (Å²) in [6.45, 7) is 1.94. The van der Waals surface area contributed by atoms with Crippen LogP contribution in [0.15, 0.2) is 30.5 Å². The Morgan fingerprint density at radius 2 is 2.00 bits per heavy atom. The number of anilines is 1. The molecule has 0 aliphatic heterocycles. The third-order valence-electron chi connectivity index (χ3n) is 3.71. The predicted octanol–water partition coefficient (Wildman–Crippen LogP) is 2.77. The Morgan fingerprint density at radius 3 is 2.58 bits per heavy atom. The fourth-order valence-corrected chi connectivity index (χ4v) is 2.35. The maximum absolute atomic E-state index is 14.3. The van der Waals surface area contributed by atoms with E-state index in [2.05, 4.69) is 21.5 Å². The van der Waals surface area contributed by atoms with Crippen LogP contribution in [0.1, 0.15) is 28.9 Å². The first-order valence-electron chi connectivity index (χ1n) is 7.85. The maximum Gasteiger partial charge on any atom is 0.253 e. The lowest BCUT2D eigenvalue weighted by Gasteiger charge is -2.18. The summed E-state index contributed by atoms with van der Waals surface area (Å²) in [5, 5.41) is 5.64. The number of rotatable bonds is 7. The summed E-state index contributed by atoms with van der Waals surface area (Å²) >= 11 is 0. The SMILES string of the molecule is C#CCNC(=O)c1ccc(NC(C)c2cc(OC)c(OC)cc2F)nc1. The minimum absolute atomic E-state index is 0.147. The van der Waals surface area contributed by atoms with E-state index in [-0.39, 0.29) is 18.5 Å². The van der Waals surface area contributed by atoms with Crippen LogP contribution in [0.5, 0.6) is 11.5 Å². The van der Waals surface area contributed by atoms with Gasteiger partial charge in [0.2, 0.25) is 0 Å². The van der Waals surface area contributed by atoms with E-state index in [0.29, 0.717) is 28.4 Å². The first-order valence-corrected chi connectivity index (χ1v) is 7.85. The summed E-state index contributed by atoms with van der Waals surface area (Å²) in [6, 6.07) is 5.72. The van der Waals surface area contributed by atoms with Crippen LogP contribution in [-0.4, -0.2) is 31.7 Å². The van der Waals surface area contributed by atoms with E-state index < -0.39 is 5.82 Å². The van der Waals surface area contributed by atoms with E-state index in [0.717, 1.165) is 0 Å². The molecule has 1 aromatic carbocycles. The Bertz CT molecular complexity index is 816. The van der Waals surface area contributed by atoms with Crippen molar-refractivity contribution < 1.29 is 18.7 Å². The number of methoxy groups -OCH3 is 2. The van der Waals surface area contributed by atoms with Gasteiger partial charge in [-0.05, 0) is 25.1 Å². The molecular formula is C19H20FN3O3. The van der Waals surface area contributed by atoms with E-state index in [1.165, 1.54) is 26.5 Å². The predicted molar refractivity (Wildman–Crippen MR) is 96.9 cm³/mol. The van der Waals surface area contributed by atoms with Crippen LogP contribution in [0.2, 0.25) is 0 Å². The molecule has 2 N–H and O–H groups in total. The Labute approximate surface area is 151 Å². The molecule has 0 saturated heterocycles. The molecule has 7 heteroatoms. The quantitative estimate of drug-likeness (QED) is 0.746. The van der Waals surface area contributed by atoms with Crippen LogP contribution in [0, 0.1) is 18.2 Å². The maximum atomic E-state index is 14.3. The van der Waals surface area contributed by atoms with Gasteiger partial charge in [-0.1, -0.05) is 5.92 Å². The van der Waals surface area contributed by atoms with Crippen molar-refractivity contribution in [3.05, 3.63) is 47.4 Å². The summed E-state index contributed by atoms with van der Waals surface area (Å²) in [5.74, 6) is 2.86. The van der Waals surface area contributed by atoms with Gasteiger partial charge in [0.15, 0.2) is 11.5 Å². The molecule has 0 aliphatic carbocycles. The molecule has 0 bridgehead atoms. The molecule has 26 heavy (non-hydrogen) atoms. The van der Waals surface area contributed by atoms with E-state index in [1.807, 2.05) is 0 Å². The minimum atomic E-state index is -0.423. The molecule has 0 spiro atoms. The summed E-state index contributed by atoms with van der Waals surface area (Å²) < 4.78 is 24.6. The molecule has 1 aromatic heterocycles. The Morgan fingerprint density at radius 1 is 1.31 bits per heavy atom. The Balaban J connectivity index is 2.14. The standard InChI is InChI=1S/C19H20FN3O3/c1-5-8-21-19(24)13-6-7-18(22-11-13)23-12(2)14-9-16(25-3)17(26-4)10-15(14)20/h1,6-7,9-12H,8H2,2-4H3,(H,21,24)(H,22,23). The van der Waals surface area contributed by atoms with Gasteiger partial charge >= 0.3 is 0 Å². The van der Waals surface area contributed by atoms with Crippen molar-refractivity contribution in [3.63, 3.8) is 0 Å². The molecule has 0 aliphatic rings. The summed E-state index contributed by atoms with van der Waals surface area (Å²) in [5.41, 5.74) is 0.788. The van der Waals surface area contributed by atoms with Crippen LogP contribution >= 0.6 is 0 Å². The lowest BCUT2D eigenvalue weighted by molar-refractivity contribution is 0.0958. The fourth-order valence-electron chi connectivity index (χ4n) is 2.35. The zero-order valence-electron chi connectivity index (χ0n) is 14.8. The van der Waals surface area contributed by atoms with Crippen LogP contribution in [0.4, 0.5) is 10.2 Å². The van der Waals surface area contributed by atoms with Gasteiger partial charge in [0, 0.05) is 17.8 Å². The van der Waals surface area contributed by atoms with Gasteiger partial charge in [0.05, 0.1) is 32.4 Å². The van der Waals surface area contributed by atoms with Crippen molar-refractivity contribution >= 4 is 11.7 Å². The molecule has 2 aromatic rings. The van der Waals surface area contributed by atoms with Crippen molar-refractivity contribution in [1.82, 2.24) is 10.3 Å². The highest BCUT2D eigenvalue weighted by atomic mass is 19.1. The third kappa shape index (κ3) is 4.42. The van der Waals surface area contributed by atoms with Gasteiger partial charge in [0.1, 0.15) is 11.6 Å². The van der Waals surface area contributed by atoms with Crippen molar-refractivity contribution in [3.8, 4) is 23.8 Å². The number of carbonyl (C=O) groups is 1. The minimum Gasteiger partial charge on any atom is -0.493 e. The topological polar surface area (TPSA) is 72.5 Å². The summed E-state index contributed by atoms with van der Waals surface area (Å²) in [6.07, 6.45) is 6.52. The summed E-state index contributed by atoms with van der Waals surface area (Å²) in [7, 11) is 2.94. The van der Waals surface area contributed by atoms with E-state index >= 15 is 0 Å². The molecule has 1 atom stereocenters. The molecule has 1 unspecified atom stereocenters. The second-order valence-corrected chi connectivity index (χ2v) is 5.41. The number of nitrogens with one attached hydrogen (secondary N) is 2. The number of halogens is 1. The number of carbonyl (C=O) groups excluding carboxylic acids is 1. The monoisotopic (exact) mass is 357 g/mol. The average molecular weight is 357 g/mol. The number of nitrogens with zero attached hydrogens (tertiary/aromatic N) is 1. The van der Waals surface area contributed by atoms with Crippen molar-refractivity contribution in [2.45, 2.75) is 13.0 Å². The largest absolute Gasteiger partial charge is 0.493 e. The van der Waals surface area contributed by atoms with Gasteiger partial charge in [0.25, 0.3) is 5.91 Å².